The van der Waals surface area contributed by atoms with Crippen LogP contribution in [0.1, 0.15) is 27.2 Å². The molecule has 0 bridgehead atoms. The van der Waals surface area contributed by atoms with Crippen molar-refractivity contribution in [3.8, 4) is 0 Å². The van der Waals surface area contributed by atoms with Gasteiger partial charge in [-0.2, -0.15) is 0 Å². The molecule has 94 valence electrons. The third kappa shape index (κ3) is 3.90. The summed E-state index contributed by atoms with van der Waals surface area (Å²) in [6.45, 7) is 8.55. The van der Waals surface area contributed by atoms with E-state index in [-0.39, 0.29) is 12.0 Å². The van der Waals surface area contributed by atoms with Crippen molar-refractivity contribution in [2.75, 3.05) is 0 Å². The zero-order valence-corrected chi connectivity index (χ0v) is 10.0. The molecule has 1 saturated heterocycles. The van der Waals surface area contributed by atoms with Gasteiger partial charge in [0, 0.05) is 12.0 Å². The molecule has 0 aromatic rings. The van der Waals surface area contributed by atoms with E-state index in [0.29, 0.717) is 0 Å². The summed E-state index contributed by atoms with van der Waals surface area (Å²) in [6, 6.07) is -0.921. The number of nitrogens with one attached hydrogen (secondary N) is 1. The summed E-state index contributed by atoms with van der Waals surface area (Å²) in [5.41, 5.74) is -0.513. The molecule has 1 N–H and O–H groups in total. The molecular weight excluding hydrogens is 226 g/mol. The predicted molar refractivity (Wildman–Crippen MR) is 58.0 cm³/mol. The monoisotopic (exact) mass is 241 g/mol. The molecule has 1 unspecified atom stereocenters. The first-order chi connectivity index (χ1) is 7.69. The maximum absolute atomic E-state index is 11.4. The molecule has 0 saturated carbocycles. The highest BCUT2D eigenvalue weighted by atomic mass is 16.6. The van der Waals surface area contributed by atoms with Crippen molar-refractivity contribution < 1.29 is 23.9 Å². The molecule has 6 heteroatoms. The lowest BCUT2D eigenvalue weighted by Gasteiger charge is -2.24. The molecule has 1 aliphatic heterocycles. The van der Waals surface area contributed by atoms with Gasteiger partial charge in [-0.25, -0.2) is 14.4 Å². The van der Waals surface area contributed by atoms with E-state index in [1.165, 1.54) is 0 Å². The van der Waals surface area contributed by atoms with Crippen molar-refractivity contribution in [1.29, 1.82) is 0 Å². The lowest BCUT2D eigenvalue weighted by atomic mass is 10.1. The summed E-state index contributed by atoms with van der Waals surface area (Å²) in [5, 5.41) is 2.33. The molecule has 1 amide bonds. The molecule has 0 aromatic heterocycles. The Hall–Kier alpha value is -1.85. The van der Waals surface area contributed by atoms with Crippen LogP contribution in [0.2, 0.25) is 0 Å². The Labute approximate surface area is 99.0 Å². The van der Waals surface area contributed by atoms with E-state index in [9.17, 15) is 14.4 Å². The Morgan fingerprint density at radius 1 is 1.47 bits per heavy atom. The van der Waals surface area contributed by atoms with Gasteiger partial charge in [0.2, 0.25) is 0 Å². The average molecular weight is 241 g/mol. The van der Waals surface area contributed by atoms with Crippen LogP contribution < -0.4 is 5.32 Å². The van der Waals surface area contributed by atoms with Crippen LogP contribution in [0.5, 0.6) is 0 Å². The van der Waals surface area contributed by atoms with Crippen molar-refractivity contribution in [2.24, 2.45) is 0 Å². The first-order valence-electron chi connectivity index (χ1n) is 5.12. The molecule has 1 heterocycles. The molecule has 6 nitrogen and oxygen atoms in total. The predicted octanol–water partition coefficient (Wildman–Crippen LogP) is 0.909. The van der Waals surface area contributed by atoms with Crippen LogP contribution >= 0.6 is 0 Å². The highest BCUT2D eigenvalue weighted by Gasteiger charge is 2.33. The van der Waals surface area contributed by atoms with Crippen molar-refractivity contribution in [1.82, 2.24) is 5.32 Å². The maximum Gasteiger partial charge on any atom is 0.408 e. The van der Waals surface area contributed by atoms with Crippen LogP contribution in [0.4, 0.5) is 4.79 Å². The number of amides is 1. The molecule has 1 aliphatic rings. The second-order valence-corrected chi connectivity index (χ2v) is 4.72. The number of carbonyl (C=O) groups excluding carboxylic acids is 3. The fourth-order valence-corrected chi connectivity index (χ4v) is 1.21. The van der Waals surface area contributed by atoms with Gasteiger partial charge in [0.15, 0.2) is 0 Å². The van der Waals surface area contributed by atoms with Crippen LogP contribution in [-0.2, 0) is 19.1 Å². The standard InChI is InChI=1S/C11H15NO5/c1-6-5-7(9(14)16-8(6)13)12-10(15)17-11(2,3)4/h7H,1,5H2,2-4H3,(H,12,15). The molecule has 17 heavy (non-hydrogen) atoms. The van der Waals surface area contributed by atoms with Gasteiger partial charge >= 0.3 is 18.0 Å². The third-order valence-corrected chi connectivity index (χ3v) is 1.91. The number of rotatable bonds is 1. The maximum atomic E-state index is 11.4. The fourth-order valence-electron chi connectivity index (χ4n) is 1.21. The zero-order valence-electron chi connectivity index (χ0n) is 10.0. The smallest absolute Gasteiger partial charge is 0.408 e. The normalized spacial score (nSPS) is 20.9. The molecule has 0 radical (unpaired) electrons. The first-order valence-corrected chi connectivity index (χ1v) is 5.12. The van der Waals surface area contributed by atoms with Crippen LogP contribution in [0.3, 0.4) is 0 Å². The highest BCUT2D eigenvalue weighted by Crippen LogP contribution is 2.15. The number of alkyl carbamates (subject to hydrolysis) is 1. The van der Waals surface area contributed by atoms with Gasteiger partial charge in [0.25, 0.3) is 0 Å². The largest absolute Gasteiger partial charge is 0.444 e. The van der Waals surface area contributed by atoms with Crippen molar-refractivity contribution in [2.45, 2.75) is 38.8 Å². The van der Waals surface area contributed by atoms with Crippen LogP contribution in [0, 0.1) is 0 Å². The Morgan fingerprint density at radius 2 is 2.06 bits per heavy atom. The number of cyclic esters (lactones) is 2. The summed E-state index contributed by atoms with van der Waals surface area (Å²) < 4.78 is 9.37. The highest BCUT2D eigenvalue weighted by molar-refractivity contribution is 6.01. The number of esters is 2. The van der Waals surface area contributed by atoms with E-state index >= 15 is 0 Å². The summed E-state index contributed by atoms with van der Waals surface area (Å²) in [4.78, 5) is 33.7. The van der Waals surface area contributed by atoms with E-state index in [4.69, 9.17) is 4.74 Å². The van der Waals surface area contributed by atoms with Crippen LogP contribution in [-0.4, -0.2) is 29.7 Å². The average Bonchev–Trinajstić information content (AvgIpc) is 2.11. The van der Waals surface area contributed by atoms with E-state index in [1.54, 1.807) is 20.8 Å². The summed E-state index contributed by atoms with van der Waals surface area (Å²) in [6.07, 6.45) is -0.696. The van der Waals surface area contributed by atoms with Crippen molar-refractivity contribution >= 4 is 18.0 Å². The van der Waals surface area contributed by atoms with Crippen molar-refractivity contribution in [3.63, 3.8) is 0 Å². The molecule has 0 spiro atoms. The van der Waals surface area contributed by atoms with Gasteiger partial charge in [-0.15, -0.1) is 0 Å². The Kier molecular flexibility index (Phi) is 3.55. The van der Waals surface area contributed by atoms with E-state index < -0.39 is 29.7 Å². The number of ether oxygens (including phenoxy) is 2. The van der Waals surface area contributed by atoms with Crippen molar-refractivity contribution in [3.05, 3.63) is 12.2 Å². The van der Waals surface area contributed by atoms with E-state index in [0.717, 1.165) is 0 Å². The number of hydrogen-bond acceptors (Lipinski definition) is 5. The Bertz CT molecular complexity index is 380. The van der Waals surface area contributed by atoms with Crippen LogP contribution in [0.15, 0.2) is 12.2 Å². The van der Waals surface area contributed by atoms with Gasteiger partial charge in [-0.3, -0.25) is 0 Å². The Morgan fingerprint density at radius 3 is 2.59 bits per heavy atom. The topological polar surface area (TPSA) is 81.7 Å². The zero-order chi connectivity index (χ0) is 13.2. The second-order valence-electron chi connectivity index (χ2n) is 4.72. The lowest BCUT2D eigenvalue weighted by molar-refractivity contribution is -0.161. The summed E-state index contributed by atoms with van der Waals surface area (Å²) in [5.74, 6) is -1.55. The SMILES string of the molecule is C=C1CC(NC(=O)OC(C)(C)C)C(=O)OC1=O. The first kappa shape index (κ1) is 13.2. The minimum Gasteiger partial charge on any atom is -0.444 e. The molecule has 0 aliphatic carbocycles. The van der Waals surface area contributed by atoms with Crippen LogP contribution in [0.25, 0.3) is 0 Å². The van der Waals surface area contributed by atoms with E-state index in [2.05, 4.69) is 16.6 Å². The number of hydrogen-bond donors (Lipinski definition) is 1. The quantitative estimate of drug-likeness (QED) is 0.419. The third-order valence-electron chi connectivity index (χ3n) is 1.91. The molecule has 1 atom stereocenters. The van der Waals surface area contributed by atoms with Gasteiger partial charge in [-0.05, 0) is 20.8 Å². The summed E-state index contributed by atoms with van der Waals surface area (Å²) in [7, 11) is 0. The van der Waals surface area contributed by atoms with Gasteiger partial charge in [-0.1, -0.05) is 6.58 Å². The van der Waals surface area contributed by atoms with Gasteiger partial charge in [0.1, 0.15) is 11.6 Å². The van der Waals surface area contributed by atoms with Gasteiger partial charge in [0.05, 0.1) is 0 Å². The van der Waals surface area contributed by atoms with Gasteiger partial charge < -0.3 is 14.8 Å². The summed E-state index contributed by atoms with van der Waals surface area (Å²) >= 11 is 0. The minimum absolute atomic E-state index is 0.0386. The number of carbonyl (C=O) groups is 3. The Balaban J connectivity index is 2.57. The molecule has 1 rings (SSSR count). The lowest BCUT2D eigenvalue weighted by Crippen LogP contribution is -2.47. The molecular formula is C11H15NO5. The van der Waals surface area contributed by atoms with E-state index in [1.807, 2.05) is 0 Å². The molecule has 0 aromatic carbocycles. The minimum atomic E-state index is -0.921. The fraction of sp³-hybridized carbons (Fsp3) is 0.545. The molecule has 1 fully saturated rings. The second kappa shape index (κ2) is 4.57.